The number of nitrogens with zero attached hydrogens (tertiary/aromatic N) is 3. The van der Waals surface area contributed by atoms with E-state index in [1.54, 1.807) is 43.4 Å². The van der Waals surface area contributed by atoms with Crippen molar-refractivity contribution in [1.29, 1.82) is 0 Å². The Morgan fingerprint density at radius 3 is 2.81 bits per heavy atom. The van der Waals surface area contributed by atoms with E-state index in [2.05, 4.69) is 15.3 Å². The fraction of sp³-hybridized carbons (Fsp3) is 0.158. The molecule has 7 nitrogen and oxygen atoms in total. The highest BCUT2D eigenvalue weighted by atomic mass is 32.1. The SMILES string of the molecule is C[C@@H]1Oc2ccc(-c3csc(NC(=O)c4ccncc4)n3)cc2N(C)C1=O. The van der Waals surface area contributed by atoms with Crippen LogP contribution in [0.5, 0.6) is 5.75 Å². The van der Waals surface area contributed by atoms with Crippen molar-refractivity contribution in [3.63, 3.8) is 0 Å². The molecule has 1 N–H and O–H groups in total. The standard InChI is InChI=1S/C19H16N4O3S/c1-11-18(25)23(2)15-9-13(3-4-16(15)26-11)14-10-27-19(21-14)22-17(24)12-5-7-20-8-6-12/h3-11H,1-2H3,(H,21,22,24)/t11-/m0/s1. The molecule has 2 aromatic heterocycles. The van der Waals surface area contributed by atoms with Crippen molar-refractivity contribution >= 4 is 34.0 Å². The van der Waals surface area contributed by atoms with Crippen LogP contribution in [0.2, 0.25) is 0 Å². The van der Waals surface area contributed by atoms with E-state index in [0.717, 1.165) is 5.56 Å². The van der Waals surface area contributed by atoms with Gasteiger partial charge < -0.3 is 9.64 Å². The van der Waals surface area contributed by atoms with Crippen molar-refractivity contribution in [2.45, 2.75) is 13.0 Å². The predicted octanol–water partition coefficient (Wildman–Crippen LogP) is 3.20. The third-order valence-corrected chi connectivity index (χ3v) is 5.02. The Morgan fingerprint density at radius 1 is 1.26 bits per heavy atom. The van der Waals surface area contributed by atoms with Crippen LogP contribution in [0.15, 0.2) is 48.1 Å². The summed E-state index contributed by atoms with van der Waals surface area (Å²) in [7, 11) is 1.73. The molecule has 1 aromatic carbocycles. The van der Waals surface area contributed by atoms with Gasteiger partial charge in [0.25, 0.3) is 11.8 Å². The lowest BCUT2D eigenvalue weighted by atomic mass is 10.1. The molecule has 0 saturated heterocycles. The Balaban J connectivity index is 1.57. The maximum absolute atomic E-state index is 12.2. The molecule has 0 saturated carbocycles. The van der Waals surface area contributed by atoms with Crippen LogP contribution in [-0.2, 0) is 4.79 Å². The van der Waals surface area contributed by atoms with E-state index in [9.17, 15) is 9.59 Å². The number of rotatable bonds is 3. The smallest absolute Gasteiger partial charge is 0.267 e. The Kier molecular flexibility index (Phi) is 4.33. The average molecular weight is 380 g/mol. The van der Waals surface area contributed by atoms with Crippen LogP contribution in [0, 0.1) is 0 Å². The fourth-order valence-corrected chi connectivity index (χ4v) is 3.52. The normalized spacial score (nSPS) is 15.9. The number of hydrogen-bond donors (Lipinski definition) is 1. The monoisotopic (exact) mass is 380 g/mol. The first kappa shape index (κ1) is 17.2. The number of anilines is 2. The zero-order chi connectivity index (χ0) is 19.0. The summed E-state index contributed by atoms with van der Waals surface area (Å²) < 4.78 is 5.64. The van der Waals surface area contributed by atoms with Crippen molar-refractivity contribution in [2.75, 3.05) is 17.3 Å². The van der Waals surface area contributed by atoms with Crippen LogP contribution in [0.4, 0.5) is 10.8 Å². The summed E-state index contributed by atoms with van der Waals surface area (Å²) >= 11 is 1.34. The minimum atomic E-state index is -0.498. The van der Waals surface area contributed by atoms with Crippen LogP contribution in [0.3, 0.4) is 0 Å². The van der Waals surface area contributed by atoms with Crippen LogP contribution < -0.4 is 15.0 Å². The van der Waals surface area contributed by atoms with Gasteiger partial charge in [0.2, 0.25) is 0 Å². The Labute approximate surface area is 159 Å². The lowest BCUT2D eigenvalue weighted by Crippen LogP contribution is -2.41. The molecule has 0 fully saturated rings. The molecule has 2 amide bonds. The summed E-state index contributed by atoms with van der Waals surface area (Å²) in [5.41, 5.74) is 2.77. The van der Waals surface area contributed by atoms with Crippen molar-refractivity contribution in [3.8, 4) is 17.0 Å². The summed E-state index contributed by atoms with van der Waals surface area (Å²) in [5, 5.41) is 5.14. The van der Waals surface area contributed by atoms with Gasteiger partial charge in [0.1, 0.15) is 5.75 Å². The Bertz CT molecular complexity index is 1020. The number of benzene rings is 1. The van der Waals surface area contributed by atoms with Gasteiger partial charge in [-0.1, -0.05) is 0 Å². The second-order valence-electron chi connectivity index (χ2n) is 6.07. The third kappa shape index (κ3) is 3.26. The number of fused-ring (bicyclic) bond motifs is 1. The second kappa shape index (κ2) is 6.81. The number of thiazole rings is 1. The van der Waals surface area contributed by atoms with Gasteiger partial charge in [-0.3, -0.25) is 19.9 Å². The number of hydrogen-bond acceptors (Lipinski definition) is 6. The number of carbonyl (C=O) groups excluding carboxylic acids is 2. The number of amides is 2. The first-order valence-electron chi connectivity index (χ1n) is 8.28. The molecule has 3 heterocycles. The summed E-state index contributed by atoms with van der Waals surface area (Å²) in [6.45, 7) is 1.73. The molecule has 8 heteroatoms. The molecule has 3 aromatic rings. The van der Waals surface area contributed by atoms with Crippen LogP contribution in [0.25, 0.3) is 11.3 Å². The Morgan fingerprint density at radius 2 is 2.04 bits per heavy atom. The van der Waals surface area contributed by atoms with Gasteiger partial charge in [0.05, 0.1) is 11.4 Å². The number of ether oxygens (including phenoxy) is 1. The molecule has 0 spiro atoms. The summed E-state index contributed by atoms with van der Waals surface area (Å²) in [6.07, 6.45) is 2.63. The number of pyridine rings is 1. The minimum absolute atomic E-state index is 0.0942. The number of likely N-dealkylation sites (N-methyl/N-ethyl adjacent to an activating group) is 1. The van der Waals surface area contributed by atoms with E-state index < -0.39 is 6.10 Å². The largest absolute Gasteiger partial charge is 0.479 e. The van der Waals surface area contributed by atoms with Crippen molar-refractivity contribution < 1.29 is 14.3 Å². The maximum Gasteiger partial charge on any atom is 0.267 e. The zero-order valence-electron chi connectivity index (χ0n) is 14.7. The maximum atomic E-state index is 12.2. The van der Waals surface area contributed by atoms with Crippen LogP contribution >= 0.6 is 11.3 Å². The van der Waals surface area contributed by atoms with Crippen LogP contribution in [0.1, 0.15) is 17.3 Å². The first-order chi connectivity index (χ1) is 13.0. The number of nitrogens with one attached hydrogen (secondary N) is 1. The molecule has 1 aliphatic heterocycles. The van der Waals surface area contributed by atoms with Gasteiger partial charge in [-0.05, 0) is 37.3 Å². The minimum Gasteiger partial charge on any atom is -0.479 e. The topological polar surface area (TPSA) is 84.4 Å². The molecule has 0 bridgehead atoms. The zero-order valence-corrected chi connectivity index (χ0v) is 15.5. The highest BCUT2D eigenvalue weighted by Crippen LogP contribution is 2.37. The fourth-order valence-electron chi connectivity index (χ4n) is 2.81. The number of carbonyl (C=O) groups is 2. The molecular weight excluding hydrogens is 364 g/mol. The summed E-state index contributed by atoms with van der Waals surface area (Å²) in [4.78, 5) is 34.3. The van der Waals surface area contributed by atoms with Gasteiger partial charge in [0.15, 0.2) is 11.2 Å². The predicted molar refractivity (Wildman–Crippen MR) is 103 cm³/mol. The molecule has 0 radical (unpaired) electrons. The van der Waals surface area contributed by atoms with Gasteiger partial charge in [-0.25, -0.2) is 4.98 Å². The molecule has 136 valence electrons. The quantitative estimate of drug-likeness (QED) is 0.754. The van der Waals surface area contributed by atoms with E-state index in [1.165, 1.54) is 11.3 Å². The molecule has 0 unspecified atom stereocenters. The van der Waals surface area contributed by atoms with Gasteiger partial charge >= 0.3 is 0 Å². The average Bonchev–Trinajstić information content (AvgIpc) is 3.15. The van der Waals surface area contributed by atoms with E-state index >= 15 is 0 Å². The van der Waals surface area contributed by atoms with Gasteiger partial charge in [0, 0.05) is 35.9 Å². The van der Waals surface area contributed by atoms with E-state index in [-0.39, 0.29) is 11.8 Å². The molecular formula is C19H16N4O3S. The molecule has 1 aliphatic rings. The lowest BCUT2D eigenvalue weighted by molar-refractivity contribution is -0.125. The molecule has 27 heavy (non-hydrogen) atoms. The third-order valence-electron chi connectivity index (χ3n) is 4.27. The van der Waals surface area contributed by atoms with E-state index in [0.29, 0.717) is 27.8 Å². The van der Waals surface area contributed by atoms with E-state index in [1.807, 2.05) is 23.6 Å². The number of aromatic nitrogens is 2. The van der Waals surface area contributed by atoms with Gasteiger partial charge in [-0.15, -0.1) is 11.3 Å². The molecule has 0 aliphatic carbocycles. The highest BCUT2D eigenvalue weighted by molar-refractivity contribution is 7.14. The van der Waals surface area contributed by atoms with Crippen molar-refractivity contribution in [2.24, 2.45) is 0 Å². The van der Waals surface area contributed by atoms with Crippen molar-refractivity contribution in [3.05, 3.63) is 53.7 Å². The second-order valence-corrected chi connectivity index (χ2v) is 6.93. The molecule has 1 atom stereocenters. The summed E-state index contributed by atoms with van der Waals surface area (Å²) in [6, 6.07) is 8.86. The van der Waals surface area contributed by atoms with Crippen molar-refractivity contribution in [1.82, 2.24) is 9.97 Å². The lowest BCUT2D eigenvalue weighted by Gasteiger charge is -2.30. The Hall–Kier alpha value is -3.26. The molecule has 4 rings (SSSR count). The van der Waals surface area contributed by atoms with E-state index in [4.69, 9.17) is 4.74 Å². The first-order valence-corrected chi connectivity index (χ1v) is 9.16. The van der Waals surface area contributed by atoms with Crippen LogP contribution in [-0.4, -0.2) is 34.9 Å². The highest BCUT2D eigenvalue weighted by Gasteiger charge is 2.29. The summed E-state index contributed by atoms with van der Waals surface area (Å²) in [5.74, 6) is 0.328. The van der Waals surface area contributed by atoms with Gasteiger partial charge in [-0.2, -0.15) is 0 Å².